The molecule has 2 atom stereocenters. The molecule has 114 valence electrons. The standard InChI is InChI=1S/C12H15N2O5PS/c1-9(12(15)16)21-14-20(17,8-18-2)19-11-5-3-4-10(6-11)7-13/h3-6,9H,8H2,1-2H3,(H,14,17)(H,15,16)/t9-,20?/m0/s1. The van der Waals surface area contributed by atoms with E-state index in [0.29, 0.717) is 5.56 Å². The van der Waals surface area contributed by atoms with Crippen molar-refractivity contribution >= 4 is 25.4 Å². The van der Waals surface area contributed by atoms with Gasteiger partial charge in [-0.2, -0.15) is 9.75 Å². The second-order valence-electron chi connectivity index (χ2n) is 4.01. The van der Waals surface area contributed by atoms with E-state index in [2.05, 4.69) is 4.49 Å². The molecule has 0 spiro atoms. The zero-order valence-electron chi connectivity index (χ0n) is 11.5. The maximum Gasteiger partial charge on any atom is 0.351 e. The molecule has 1 aromatic carbocycles. The third-order valence-electron chi connectivity index (χ3n) is 2.23. The van der Waals surface area contributed by atoms with E-state index in [-0.39, 0.29) is 12.1 Å². The first-order valence-electron chi connectivity index (χ1n) is 5.83. The van der Waals surface area contributed by atoms with Gasteiger partial charge in [0.15, 0.2) is 0 Å². The Morgan fingerprint density at radius 3 is 2.90 bits per heavy atom. The van der Waals surface area contributed by atoms with Crippen LogP contribution in [0.1, 0.15) is 12.5 Å². The van der Waals surface area contributed by atoms with Crippen molar-refractivity contribution in [2.24, 2.45) is 0 Å². The van der Waals surface area contributed by atoms with Crippen molar-refractivity contribution in [2.75, 3.05) is 13.5 Å². The Labute approximate surface area is 126 Å². The van der Waals surface area contributed by atoms with Crippen molar-refractivity contribution in [1.29, 1.82) is 5.26 Å². The van der Waals surface area contributed by atoms with Crippen LogP contribution in [-0.4, -0.2) is 29.8 Å². The lowest BCUT2D eigenvalue weighted by Gasteiger charge is -2.20. The van der Waals surface area contributed by atoms with Crippen LogP contribution in [0.2, 0.25) is 0 Å². The summed E-state index contributed by atoms with van der Waals surface area (Å²) in [5.74, 6) is -0.798. The summed E-state index contributed by atoms with van der Waals surface area (Å²) < 4.78 is 25.3. The van der Waals surface area contributed by atoms with Crippen LogP contribution in [0.4, 0.5) is 0 Å². The highest BCUT2D eigenvalue weighted by molar-refractivity contribution is 8.03. The van der Waals surface area contributed by atoms with Gasteiger partial charge in [-0.3, -0.25) is 9.36 Å². The molecule has 0 aromatic heterocycles. The van der Waals surface area contributed by atoms with Crippen LogP contribution in [0, 0.1) is 11.3 Å². The number of hydrogen-bond donors (Lipinski definition) is 2. The Hall–Kier alpha value is -1.52. The molecule has 0 aliphatic rings. The first-order valence-corrected chi connectivity index (χ1v) is 8.52. The molecule has 1 aromatic rings. The molecule has 0 bridgehead atoms. The van der Waals surface area contributed by atoms with Gasteiger partial charge >= 0.3 is 13.5 Å². The molecule has 0 fully saturated rings. The number of ether oxygens (including phenoxy) is 1. The Balaban J connectivity index is 2.82. The van der Waals surface area contributed by atoms with Crippen molar-refractivity contribution in [3.05, 3.63) is 29.8 Å². The minimum Gasteiger partial charge on any atom is -0.480 e. The lowest BCUT2D eigenvalue weighted by Crippen LogP contribution is -2.19. The van der Waals surface area contributed by atoms with E-state index in [1.54, 1.807) is 18.2 Å². The summed E-state index contributed by atoms with van der Waals surface area (Å²) in [6.07, 6.45) is -0.233. The summed E-state index contributed by atoms with van der Waals surface area (Å²) in [5, 5.41) is 16.8. The smallest absolute Gasteiger partial charge is 0.351 e. The van der Waals surface area contributed by atoms with Crippen molar-refractivity contribution in [3.8, 4) is 11.8 Å². The molecular formula is C12H15N2O5PS. The summed E-state index contributed by atoms with van der Waals surface area (Å²) in [6.45, 7) is 1.45. The molecule has 7 nitrogen and oxygen atoms in total. The van der Waals surface area contributed by atoms with E-state index in [1.165, 1.54) is 20.1 Å². The van der Waals surface area contributed by atoms with Crippen LogP contribution in [0.3, 0.4) is 0 Å². The second kappa shape index (κ2) is 8.05. The number of nitrogens with zero attached hydrogens (tertiary/aromatic N) is 1. The molecule has 9 heteroatoms. The summed E-state index contributed by atoms with van der Waals surface area (Å²) in [6, 6.07) is 8.12. The molecule has 0 saturated heterocycles. The molecular weight excluding hydrogens is 315 g/mol. The second-order valence-corrected chi connectivity index (χ2v) is 7.47. The fourth-order valence-corrected chi connectivity index (χ4v) is 3.83. The Kier molecular flexibility index (Phi) is 6.72. The number of nitriles is 1. The van der Waals surface area contributed by atoms with Crippen molar-refractivity contribution in [3.63, 3.8) is 0 Å². The van der Waals surface area contributed by atoms with Crippen LogP contribution in [-0.2, 0) is 14.1 Å². The zero-order valence-corrected chi connectivity index (χ0v) is 13.2. The SMILES string of the molecule is COCP(=O)(NS[C@@H](C)C(=O)O)Oc1cccc(C#N)c1. The molecule has 0 radical (unpaired) electrons. The minimum atomic E-state index is -3.45. The highest BCUT2D eigenvalue weighted by Gasteiger charge is 2.27. The molecule has 0 aliphatic carbocycles. The fraction of sp³-hybridized carbons (Fsp3) is 0.333. The normalized spacial score (nSPS) is 14.7. The van der Waals surface area contributed by atoms with E-state index in [1.807, 2.05) is 6.07 Å². The molecule has 0 heterocycles. The molecule has 1 rings (SSSR count). The summed E-state index contributed by atoms with van der Waals surface area (Å²) in [5.41, 5.74) is 0.364. The lowest BCUT2D eigenvalue weighted by atomic mass is 10.2. The monoisotopic (exact) mass is 330 g/mol. The zero-order chi connectivity index (χ0) is 15.9. The number of hydrogen-bond acceptors (Lipinski definition) is 6. The van der Waals surface area contributed by atoms with Gasteiger partial charge in [-0.1, -0.05) is 18.0 Å². The van der Waals surface area contributed by atoms with Gasteiger partial charge in [-0.25, -0.2) is 0 Å². The maximum atomic E-state index is 12.6. The van der Waals surface area contributed by atoms with Crippen LogP contribution >= 0.6 is 19.5 Å². The van der Waals surface area contributed by atoms with Crippen LogP contribution in [0.25, 0.3) is 0 Å². The van der Waals surface area contributed by atoms with Gasteiger partial charge < -0.3 is 14.4 Å². The van der Waals surface area contributed by atoms with E-state index in [0.717, 1.165) is 11.9 Å². The minimum absolute atomic E-state index is 0.233. The first-order chi connectivity index (χ1) is 9.90. The van der Waals surface area contributed by atoms with Gasteiger partial charge in [0.2, 0.25) is 0 Å². The van der Waals surface area contributed by atoms with Crippen molar-refractivity contribution < 1.29 is 23.7 Å². The van der Waals surface area contributed by atoms with Gasteiger partial charge in [0, 0.05) is 7.11 Å². The number of nitrogens with one attached hydrogen (secondary N) is 1. The highest BCUT2D eigenvalue weighted by atomic mass is 32.2. The summed E-state index contributed by atoms with van der Waals surface area (Å²) in [4.78, 5) is 10.8. The predicted octanol–water partition coefficient (Wildman–Crippen LogP) is 2.44. The molecule has 21 heavy (non-hydrogen) atoms. The number of carboxylic acids is 1. The van der Waals surface area contributed by atoms with E-state index in [4.69, 9.17) is 19.6 Å². The number of benzene rings is 1. The van der Waals surface area contributed by atoms with Gasteiger partial charge in [0.05, 0.1) is 11.6 Å². The van der Waals surface area contributed by atoms with Crippen molar-refractivity contribution in [2.45, 2.75) is 12.2 Å². The third-order valence-corrected chi connectivity index (χ3v) is 5.42. The van der Waals surface area contributed by atoms with Gasteiger partial charge in [-0.15, -0.1) is 0 Å². The predicted molar refractivity (Wildman–Crippen MR) is 79.1 cm³/mol. The Morgan fingerprint density at radius 2 is 2.33 bits per heavy atom. The lowest BCUT2D eigenvalue weighted by molar-refractivity contribution is -0.136. The maximum absolute atomic E-state index is 12.6. The largest absolute Gasteiger partial charge is 0.480 e. The van der Waals surface area contributed by atoms with Gasteiger partial charge in [0.1, 0.15) is 17.3 Å². The molecule has 0 amide bonds. The number of carboxylic acid groups (broad SMARTS) is 1. The fourth-order valence-electron chi connectivity index (χ4n) is 1.24. The number of carbonyl (C=O) groups is 1. The topological polar surface area (TPSA) is 109 Å². The Morgan fingerprint density at radius 1 is 1.62 bits per heavy atom. The van der Waals surface area contributed by atoms with Crippen LogP contribution < -0.4 is 9.02 Å². The molecule has 0 aliphatic heterocycles. The molecule has 1 unspecified atom stereocenters. The molecule has 2 N–H and O–H groups in total. The quantitative estimate of drug-likeness (QED) is 0.552. The van der Waals surface area contributed by atoms with Crippen LogP contribution in [0.5, 0.6) is 5.75 Å². The summed E-state index contributed by atoms with van der Waals surface area (Å²) in [7, 11) is -2.09. The average molecular weight is 330 g/mol. The number of rotatable bonds is 8. The first kappa shape index (κ1) is 17.5. The number of methoxy groups -OCH3 is 1. The summed E-state index contributed by atoms with van der Waals surface area (Å²) >= 11 is 0.778. The van der Waals surface area contributed by atoms with Crippen LogP contribution in [0.15, 0.2) is 24.3 Å². The highest BCUT2D eigenvalue weighted by Crippen LogP contribution is 2.45. The third kappa shape index (κ3) is 5.78. The van der Waals surface area contributed by atoms with Gasteiger partial charge in [0.25, 0.3) is 0 Å². The molecule has 0 saturated carbocycles. The van der Waals surface area contributed by atoms with Gasteiger partial charge in [-0.05, 0) is 25.1 Å². The average Bonchev–Trinajstić information content (AvgIpc) is 2.45. The van der Waals surface area contributed by atoms with Crippen molar-refractivity contribution in [1.82, 2.24) is 4.49 Å². The number of aliphatic carboxylic acids is 1. The van der Waals surface area contributed by atoms with E-state index >= 15 is 0 Å². The Bertz CT molecular complexity index is 589. The van der Waals surface area contributed by atoms with E-state index < -0.39 is 18.7 Å². The van der Waals surface area contributed by atoms with E-state index in [9.17, 15) is 9.36 Å².